The molecule has 2 fully saturated rings. The Hall–Kier alpha value is -1.11. The van der Waals surface area contributed by atoms with Crippen LogP contribution in [0.5, 0.6) is 0 Å². The lowest BCUT2D eigenvalue weighted by molar-refractivity contribution is 0.0459. The first-order chi connectivity index (χ1) is 13.2. The number of hydrogen-bond acceptors (Lipinski definition) is 8. The molecule has 2 heterocycles. The zero-order valence-corrected chi connectivity index (χ0v) is 19.5. The number of hydrogen-bond donors (Lipinski definition) is 0. The van der Waals surface area contributed by atoms with E-state index >= 15 is 0 Å². The monoisotopic (exact) mass is 434 g/mol. The second kappa shape index (κ2) is 10.6. The second-order valence-corrected chi connectivity index (χ2v) is 25.4. The highest BCUT2D eigenvalue weighted by atomic mass is 29.3. The summed E-state index contributed by atoms with van der Waals surface area (Å²) in [5, 5.41) is 0. The van der Waals surface area contributed by atoms with Gasteiger partial charge in [0.05, 0.1) is 13.2 Å². The van der Waals surface area contributed by atoms with Crippen LogP contribution in [0.2, 0.25) is 38.3 Å². The smallest absolute Gasteiger partial charge is 0.430 e. The largest absolute Gasteiger partial charge is 0.508 e. The normalized spacial score (nSPS) is 22.6. The fraction of sp³-hybridized carbons (Fsp3) is 0.889. The van der Waals surface area contributed by atoms with Crippen LogP contribution in [0.3, 0.4) is 0 Å². The van der Waals surface area contributed by atoms with Gasteiger partial charge in [-0.1, -0.05) is 38.3 Å². The Morgan fingerprint density at radius 1 is 0.786 bits per heavy atom. The lowest BCUT2D eigenvalue weighted by Crippen LogP contribution is -2.54. The first kappa shape index (κ1) is 23.2. The van der Waals surface area contributed by atoms with Crippen LogP contribution in [0.1, 0.15) is 12.8 Å². The van der Waals surface area contributed by atoms with Crippen molar-refractivity contribution in [1.29, 1.82) is 0 Å². The Bertz CT molecular complexity index is 480. The summed E-state index contributed by atoms with van der Waals surface area (Å²) in [4.78, 5) is 21.7. The highest BCUT2D eigenvalue weighted by Crippen LogP contribution is 2.29. The van der Waals surface area contributed by atoms with Crippen LogP contribution >= 0.6 is 0 Å². The summed E-state index contributed by atoms with van der Waals surface area (Å²) in [5.74, 6) is 0. The van der Waals surface area contributed by atoms with Crippen molar-refractivity contribution in [2.24, 2.45) is 0 Å². The molecule has 0 radical (unpaired) electrons. The van der Waals surface area contributed by atoms with E-state index in [0.29, 0.717) is 26.4 Å². The third kappa shape index (κ3) is 7.38. The van der Waals surface area contributed by atoms with Crippen molar-refractivity contribution >= 4 is 27.5 Å². The number of carbonyl (C=O) groups is 2. The van der Waals surface area contributed by atoms with Gasteiger partial charge in [-0.25, -0.2) is 9.59 Å². The van der Waals surface area contributed by atoms with Gasteiger partial charge in [-0.15, -0.1) is 0 Å². The summed E-state index contributed by atoms with van der Waals surface area (Å²) >= 11 is 0. The van der Waals surface area contributed by atoms with Crippen LogP contribution in [-0.4, -0.2) is 79.3 Å². The SMILES string of the molecule is C[Si](C)(CCCOCC1COC(=O)O1)[Si](C)(C)CCCOCC1COC(=O)O1. The Morgan fingerprint density at radius 3 is 1.50 bits per heavy atom. The van der Waals surface area contributed by atoms with E-state index in [-0.39, 0.29) is 25.4 Å². The maximum absolute atomic E-state index is 10.9. The van der Waals surface area contributed by atoms with E-state index in [4.69, 9.17) is 28.4 Å². The van der Waals surface area contributed by atoms with E-state index in [1.54, 1.807) is 0 Å². The summed E-state index contributed by atoms with van der Waals surface area (Å²) in [6.45, 7) is 12.7. The maximum Gasteiger partial charge on any atom is 0.508 e. The van der Waals surface area contributed by atoms with E-state index < -0.39 is 27.5 Å². The van der Waals surface area contributed by atoms with Crippen molar-refractivity contribution in [2.75, 3.05) is 39.6 Å². The average molecular weight is 435 g/mol. The summed E-state index contributed by atoms with van der Waals surface area (Å²) in [7, 11) is -2.63. The van der Waals surface area contributed by atoms with Crippen LogP contribution in [0.4, 0.5) is 9.59 Å². The van der Waals surface area contributed by atoms with Crippen LogP contribution < -0.4 is 0 Å². The first-order valence-electron chi connectivity index (χ1n) is 10.0. The van der Waals surface area contributed by atoms with Crippen molar-refractivity contribution in [3.8, 4) is 0 Å². The maximum atomic E-state index is 10.9. The van der Waals surface area contributed by atoms with Gasteiger partial charge < -0.3 is 28.4 Å². The van der Waals surface area contributed by atoms with E-state index in [1.165, 1.54) is 12.1 Å². The van der Waals surface area contributed by atoms with Crippen LogP contribution in [0.15, 0.2) is 0 Å². The number of cyclic esters (lactones) is 4. The minimum atomic E-state index is -1.31. The molecular weight excluding hydrogens is 400 g/mol. The Labute approximate surface area is 168 Å². The van der Waals surface area contributed by atoms with E-state index in [9.17, 15) is 9.59 Å². The standard InChI is InChI=1S/C18H34O8Si2/c1-27(2,9-5-7-21-11-15-13-23-17(19)25-15)28(3,4)10-6-8-22-12-16-14-24-18(20)26-16/h15-16H,5-14H2,1-4H3. The fourth-order valence-corrected chi connectivity index (χ4v) is 11.8. The van der Waals surface area contributed by atoms with Crippen LogP contribution in [0, 0.1) is 0 Å². The molecule has 162 valence electrons. The molecule has 0 bridgehead atoms. The third-order valence-corrected chi connectivity index (χ3v) is 25.3. The molecule has 2 saturated heterocycles. The highest BCUT2D eigenvalue weighted by molar-refractivity contribution is 7.40. The molecule has 2 unspecified atom stereocenters. The quantitative estimate of drug-likeness (QED) is 0.248. The molecule has 28 heavy (non-hydrogen) atoms. The van der Waals surface area contributed by atoms with E-state index in [2.05, 4.69) is 26.2 Å². The van der Waals surface area contributed by atoms with Crippen LogP contribution in [0.25, 0.3) is 0 Å². The molecule has 0 aromatic rings. The van der Waals surface area contributed by atoms with Crippen molar-refractivity contribution in [3.05, 3.63) is 0 Å². The topological polar surface area (TPSA) is 89.5 Å². The molecule has 8 nitrogen and oxygen atoms in total. The number of ether oxygens (including phenoxy) is 6. The van der Waals surface area contributed by atoms with Crippen molar-refractivity contribution in [3.63, 3.8) is 0 Å². The molecule has 0 aliphatic carbocycles. The second-order valence-electron chi connectivity index (χ2n) is 8.73. The molecule has 10 heteroatoms. The van der Waals surface area contributed by atoms with Crippen molar-refractivity contribution in [2.45, 2.75) is 63.3 Å². The predicted molar refractivity (Wildman–Crippen MR) is 108 cm³/mol. The zero-order valence-electron chi connectivity index (χ0n) is 17.5. The lowest BCUT2D eigenvalue weighted by Gasteiger charge is -2.39. The molecule has 0 saturated carbocycles. The Balaban J connectivity index is 1.55. The van der Waals surface area contributed by atoms with Gasteiger partial charge in [-0.2, -0.15) is 0 Å². The first-order valence-corrected chi connectivity index (χ1v) is 17.4. The third-order valence-electron chi connectivity index (χ3n) is 5.92. The van der Waals surface area contributed by atoms with E-state index in [1.807, 2.05) is 0 Å². The molecule has 2 aliphatic heterocycles. The average Bonchev–Trinajstić information content (AvgIpc) is 3.22. The van der Waals surface area contributed by atoms with Gasteiger partial charge in [0.1, 0.15) is 13.2 Å². The molecule has 0 amide bonds. The van der Waals surface area contributed by atoms with Gasteiger partial charge >= 0.3 is 12.3 Å². The van der Waals surface area contributed by atoms with Gasteiger partial charge in [0.2, 0.25) is 0 Å². The highest BCUT2D eigenvalue weighted by Gasteiger charge is 2.39. The molecule has 0 N–H and O–H groups in total. The van der Waals surface area contributed by atoms with Gasteiger partial charge in [-0.3, -0.25) is 0 Å². The Kier molecular flexibility index (Phi) is 8.78. The lowest BCUT2D eigenvalue weighted by atomic mass is 10.4. The van der Waals surface area contributed by atoms with Gasteiger partial charge in [0.15, 0.2) is 12.2 Å². The molecular formula is C18H34O8Si2. The van der Waals surface area contributed by atoms with Gasteiger partial charge in [-0.05, 0) is 12.8 Å². The van der Waals surface area contributed by atoms with Crippen molar-refractivity contribution < 1.29 is 38.0 Å². The van der Waals surface area contributed by atoms with Crippen LogP contribution in [-0.2, 0) is 28.4 Å². The summed E-state index contributed by atoms with van der Waals surface area (Å²) < 4.78 is 30.7. The predicted octanol–water partition coefficient (Wildman–Crippen LogP) is 3.37. The molecule has 2 rings (SSSR count). The van der Waals surface area contributed by atoms with Gasteiger partial charge in [0, 0.05) is 28.4 Å². The Morgan fingerprint density at radius 2 is 1.18 bits per heavy atom. The molecule has 0 spiro atoms. The summed E-state index contributed by atoms with van der Waals surface area (Å²) in [5.41, 5.74) is 0. The molecule has 0 aromatic carbocycles. The summed E-state index contributed by atoms with van der Waals surface area (Å²) in [6, 6.07) is 2.48. The summed E-state index contributed by atoms with van der Waals surface area (Å²) in [6.07, 6.45) is 0.361. The molecule has 2 aliphatic rings. The minimum absolute atomic E-state index is 0.261. The van der Waals surface area contributed by atoms with Crippen molar-refractivity contribution in [1.82, 2.24) is 0 Å². The number of carbonyl (C=O) groups excluding carboxylic acids is 2. The fourth-order valence-electron chi connectivity index (χ4n) is 3.23. The molecule has 0 aromatic heterocycles. The number of rotatable bonds is 13. The minimum Gasteiger partial charge on any atom is -0.430 e. The molecule has 2 atom stereocenters. The van der Waals surface area contributed by atoms with E-state index in [0.717, 1.165) is 12.8 Å². The van der Waals surface area contributed by atoms with Gasteiger partial charge in [0.25, 0.3) is 0 Å². The zero-order chi connectivity index (χ0) is 20.6.